The van der Waals surface area contributed by atoms with Gasteiger partial charge in [0.05, 0.1) is 15.6 Å². The van der Waals surface area contributed by atoms with Crippen LogP contribution in [0.2, 0.25) is 0 Å². The molecule has 0 aliphatic heterocycles. The van der Waals surface area contributed by atoms with Crippen LogP contribution in [0.4, 0.5) is 0 Å². The minimum Gasteiger partial charge on any atom is -0.259 e. The Bertz CT molecular complexity index is 369. The Hall–Kier alpha value is -1.23. The highest BCUT2D eigenvalue weighted by Gasteiger charge is 2.16. The Morgan fingerprint density at radius 1 is 1.71 bits per heavy atom. The van der Waals surface area contributed by atoms with Crippen molar-refractivity contribution in [2.24, 2.45) is 5.92 Å². The summed E-state index contributed by atoms with van der Waals surface area (Å²) >= 11 is 1.49. The number of hydrogen-bond donors (Lipinski definition) is 0. The molecule has 76 valence electrons. The highest BCUT2D eigenvalue weighted by atomic mass is 32.1. The summed E-state index contributed by atoms with van der Waals surface area (Å²) in [6, 6.07) is 0. The number of thiazole rings is 1. The molecule has 0 amide bonds. The Balaban J connectivity index is 2.99. The third kappa shape index (κ3) is 2.63. The van der Waals surface area contributed by atoms with Gasteiger partial charge in [0.1, 0.15) is 0 Å². The van der Waals surface area contributed by atoms with Crippen molar-refractivity contribution < 1.29 is 4.92 Å². The van der Waals surface area contributed by atoms with Crippen molar-refractivity contribution in [1.29, 1.82) is 0 Å². The van der Waals surface area contributed by atoms with Crippen LogP contribution in [-0.4, -0.2) is 9.91 Å². The normalized spacial score (nSPS) is 12.1. The number of hydrogen-bond acceptors (Lipinski definition) is 4. The van der Waals surface area contributed by atoms with Crippen LogP contribution in [0, 0.1) is 23.0 Å². The molecule has 0 aromatic carbocycles. The fourth-order valence-electron chi connectivity index (χ4n) is 1.03. The summed E-state index contributed by atoms with van der Waals surface area (Å²) in [5.41, 5.74) is 0.878. The number of nitro groups is 1. The van der Waals surface area contributed by atoms with Crippen LogP contribution in [0.1, 0.15) is 24.5 Å². The summed E-state index contributed by atoms with van der Waals surface area (Å²) in [5, 5.41) is 13.4. The number of rotatable bonds is 3. The smallest absolute Gasteiger partial charge is 0.250 e. The van der Waals surface area contributed by atoms with E-state index < -0.39 is 0 Å². The molecule has 0 unspecified atom stereocenters. The van der Waals surface area contributed by atoms with Crippen molar-refractivity contribution in [3.05, 3.63) is 31.9 Å². The van der Waals surface area contributed by atoms with Crippen molar-refractivity contribution in [1.82, 2.24) is 4.98 Å². The molecule has 1 rings (SSSR count). The van der Waals surface area contributed by atoms with Gasteiger partial charge in [-0.3, -0.25) is 10.1 Å². The van der Waals surface area contributed by atoms with E-state index in [-0.39, 0.29) is 16.5 Å². The molecule has 1 aromatic rings. The molecule has 0 aliphatic rings. The lowest BCUT2D eigenvalue weighted by Crippen LogP contribution is -2.05. The average molecular weight is 212 g/mol. The number of nitrogens with zero attached hydrogens (tertiary/aromatic N) is 2. The van der Waals surface area contributed by atoms with E-state index in [2.05, 4.69) is 4.98 Å². The standard InChI is InChI=1S/C9H12N2O2S/c1-6(2)9(11(12)13)4-8-5-14-7(3)10-8/h4-6H,1-3H3. The SMILES string of the molecule is Cc1nc(C=C(C(C)C)[N+](=O)[O-])cs1. The monoisotopic (exact) mass is 212 g/mol. The lowest BCUT2D eigenvalue weighted by molar-refractivity contribution is -0.431. The molecule has 0 radical (unpaired) electrons. The second kappa shape index (κ2) is 4.32. The van der Waals surface area contributed by atoms with Crippen LogP contribution in [0.3, 0.4) is 0 Å². The Morgan fingerprint density at radius 3 is 2.71 bits per heavy atom. The van der Waals surface area contributed by atoms with Crippen molar-refractivity contribution in [2.75, 3.05) is 0 Å². The van der Waals surface area contributed by atoms with Gasteiger partial charge in [-0.05, 0) is 6.92 Å². The number of aromatic nitrogens is 1. The van der Waals surface area contributed by atoms with Gasteiger partial charge in [-0.15, -0.1) is 11.3 Å². The van der Waals surface area contributed by atoms with E-state index in [1.54, 1.807) is 13.8 Å². The molecule has 0 bridgehead atoms. The summed E-state index contributed by atoms with van der Waals surface area (Å²) in [4.78, 5) is 14.5. The topological polar surface area (TPSA) is 56.0 Å². The van der Waals surface area contributed by atoms with Crippen LogP contribution in [-0.2, 0) is 0 Å². The predicted octanol–water partition coefficient (Wildman–Crippen LogP) is 2.73. The first-order valence-corrected chi connectivity index (χ1v) is 5.16. The number of allylic oxidation sites excluding steroid dienone is 1. The molecule has 14 heavy (non-hydrogen) atoms. The maximum Gasteiger partial charge on any atom is 0.250 e. The third-order valence-electron chi connectivity index (χ3n) is 1.73. The maximum absolute atomic E-state index is 10.7. The van der Waals surface area contributed by atoms with Gasteiger partial charge < -0.3 is 0 Å². The van der Waals surface area contributed by atoms with Crippen LogP contribution in [0.5, 0.6) is 0 Å². The molecule has 4 nitrogen and oxygen atoms in total. The van der Waals surface area contributed by atoms with Crippen LogP contribution in [0.25, 0.3) is 6.08 Å². The van der Waals surface area contributed by atoms with Gasteiger partial charge in [0.2, 0.25) is 0 Å². The van der Waals surface area contributed by atoms with Gasteiger partial charge in [0.15, 0.2) is 0 Å². The van der Waals surface area contributed by atoms with Gasteiger partial charge >= 0.3 is 0 Å². The first-order valence-electron chi connectivity index (χ1n) is 4.29. The Morgan fingerprint density at radius 2 is 2.36 bits per heavy atom. The highest BCUT2D eigenvalue weighted by Crippen LogP contribution is 2.16. The van der Waals surface area contributed by atoms with Gasteiger partial charge in [-0.2, -0.15) is 0 Å². The molecular weight excluding hydrogens is 200 g/mol. The molecule has 5 heteroatoms. The van der Waals surface area contributed by atoms with Gasteiger partial charge in [0.25, 0.3) is 5.70 Å². The Kier molecular flexibility index (Phi) is 3.35. The van der Waals surface area contributed by atoms with E-state index in [9.17, 15) is 10.1 Å². The van der Waals surface area contributed by atoms with E-state index >= 15 is 0 Å². The molecule has 0 atom stereocenters. The van der Waals surface area contributed by atoms with Gasteiger partial charge in [0, 0.05) is 17.4 Å². The molecule has 0 N–H and O–H groups in total. The summed E-state index contributed by atoms with van der Waals surface area (Å²) < 4.78 is 0. The zero-order valence-corrected chi connectivity index (χ0v) is 9.17. The van der Waals surface area contributed by atoms with Crippen molar-refractivity contribution in [3.63, 3.8) is 0 Å². The molecule has 0 fully saturated rings. The van der Waals surface area contributed by atoms with E-state index in [1.807, 2.05) is 12.3 Å². The van der Waals surface area contributed by atoms with Crippen LogP contribution < -0.4 is 0 Å². The van der Waals surface area contributed by atoms with E-state index in [1.165, 1.54) is 17.4 Å². The fraction of sp³-hybridized carbons (Fsp3) is 0.444. The molecule has 0 saturated carbocycles. The lowest BCUT2D eigenvalue weighted by Gasteiger charge is -1.99. The first kappa shape index (κ1) is 10.8. The second-order valence-corrected chi connectivity index (χ2v) is 4.33. The van der Waals surface area contributed by atoms with Gasteiger partial charge in [-0.1, -0.05) is 13.8 Å². The van der Waals surface area contributed by atoms with Crippen molar-refractivity contribution in [2.45, 2.75) is 20.8 Å². The largest absolute Gasteiger partial charge is 0.259 e. The molecule has 1 aromatic heterocycles. The fourth-order valence-corrected chi connectivity index (χ4v) is 1.60. The van der Waals surface area contributed by atoms with E-state index in [4.69, 9.17) is 0 Å². The Labute approximate surface area is 86.4 Å². The van der Waals surface area contributed by atoms with Crippen LogP contribution >= 0.6 is 11.3 Å². The summed E-state index contributed by atoms with van der Waals surface area (Å²) in [7, 11) is 0. The van der Waals surface area contributed by atoms with Crippen LogP contribution in [0.15, 0.2) is 11.1 Å². The second-order valence-electron chi connectivity index (χ2n) is 3.27. The van der Waals surface area contributed by atoms with Gasteiger partial charge in [-0.25, -0.2) is 4.98 Å². The number of aryl methyl sites for hydroxylation is 1. The molecular formula is C9H12N2O2S. The quantitative estimate of drug-likeness (QED) is 0.571. The summed E-state index contributed by atoms with van der Waals surface area (Å²) in [5.74, 6) is -0.0907. The molecule has 1 heterocycles. The van der Waals surface area contributed by atoms with Crippen molar-refractivity contribution >= 4 is 17.4 Å². The summed E-state index contributed by atoms with van der Waals surface area (Å²) in [6.07, 6.45) is 1.54. The third-order valence-corrected chi connectivity index (χ3v) is 2.53. The first-order chi connectivity index (χ1) is 6.50. The average Bonchev–Trinajstić information content (AvgIpc) is 2.46. The molecule has 0 saturated heterocycles. The zero-order valence-electron chi connectivity index (χ0n) is 8.35. The van der Waals surface area contributed by atoms with E-state index in [0.29, 0.717) is 5.69 Å². The lowest BCUT2D eigenvalue weighted by atomic mass is 10.1. The zero-order chi connectivity index (χ0) is 10.7. The predicted molar refractivity (Wildman–Crippen MR) is 56.7 cm³/mol. The summed E-state index contributed by atoms with van der Waals surface area (Å²) in [6.45, 7) is 5.48. The van der Waals surface area contributed by atoms with Crippen molar-refractivity contribution in [3.8, 4) is 0 Å². The highest BCUT2D eigenvalue weighted by molar-refractivity contribution is 7.09. The minimum absolute atomic E-state index is 0.0907. The molecule has 0 aliphatic carbocycles. The minimum atomic E-state index is -0.348. The van der Waals surface area contributed by atoms with E-state index in [0.717, 1.165) is 5.01 Å². The molecule has 0 spiro atoms. The maximum atomic E-state index is 10.7.